The molecule has 50 heavy (non-hydrogen) atoms. The molecule has 5 bridgehead atoms. The van der Waals surface area contributed by atoms with Crippen molar-refractivity contribution in [3.63, 3.8) is 0 Å². The number of benzene rings is 2. The number of hydrogen-bond acceptors (Lipinski definition) is 9. The van der Waals surface area contributed by atoms with Crippen LogP contribution < -0.4 is 5.32 Å². The van der Waals surface area contributed by atoms with E-state index in [0.717, 1.165) is 5.52 Å². The second kappa shape index (κ2) is 14.4. The summed E-state index contributed by atoms with van der Waals surface area (Å²) in [6.45, 7) is 0.505. The summed E-state index contributed by atoms with van der Waals surface area (Å²) in [7, 11) is 0. The lowest BCUT2D eigenvalue weighted by Gasteiger charge is -2.35. The molecule has 262 valence electrons. The van der Waals surface area contributed by atoms with E-state index in [-0.39, 0.29) is 57.1 Å². The minimum atomic E-state index is -1.44. The molecule has 0 saturated carbocycles. The lowest BCUT2D eigenvalue weighted by Crippen LogP contribution is -2.56. The van der Waals surface area contributed by atoms with Crippen molar-refractivity contribution in [3.05, 3.63) is 82.9 Å². The van der Waals surface area contributed by atoms with Gasteiger partial charge >= 0.3 is 5.97 Å². The normalized spacial score (nSPS) is 29.2. The number of hydrogen-bond donors (Lipinski definition) is 2. The van der Waals surface area contributed by atoms with Gasteiger partial charge in [0.1, 0.15) is 42.0 Å². The van der Waals surface area contributed by atoms with Gasteiger partial charge in [0.25, 0.3) is 5.91 Å². The van der Waals surface area contributed by atoms with Crippen LogP contribution in [0.15, 0.2) is 77.3 Å². The maximum atomic E-state index is 15.0. The molecule has 3 amide bonds. The molecule has 0 aliphatic carbocycles. The third-order valence-corrected chi connectivity index (χ3v) is 10.7. The maximum Gasteiger partial charge on any atom is 0.313 e. The standard InChI is InChI=1S/C36H39BrN6O7/c37-24-20-36-30-29(31(24)50-36)35(48)49-27(23-12-4-1-5-13-23)21-38-28(45)16-6-2-9-17-41(22-43-26-15-8-7-14-25(26)39-40-43)34(47)32(36)42(33(30)46)18-10-3-11-19-44/h1-2,4-5,7-9,12-15,20,27,29-32,44H,3,6,10-11,16-19,21-22H2,(H,38,45)/b9-2-/t27-,29-,30+,31-,32-,36+/m0/s1. The van der Waals surface area contributed by atoms with Crippen LogP contribution in [0.4, 0.5) is 0 Å². The quantitative estimate of drug-likeness (QED) is 0.201. The maximum absolute atomic E-state index is 15.0. The Morgan fingerprint density at radius 2 is 1.78 bits per heavy atom. The van der Waals surface area contributed by atoms with Gasteiger partial charge in [0.05, 0.1) is 18.0 Å². The van der Waals surface area contributed by atoms with Crippen LogP contribution in [0.3, 0.4) is 0 Å². The highest BCUT2D eigenvalue weighted by Gasteiger charge is 2.74. The number of amides is 3. The number of carbonyl (C=O) groups excluding carboxylic acids is 4. The van der Waals surface area contributed by atoms with Gasteiger partial charge in [0.2, 0.25) is 11.8 Å². The highest BCUT2D eigenvalue weighted by Crippen LogP contribution is 2.59. The van der Waals surface area contributed by atoms with Gasteiger partial charge in [-0.3, -0.25) is 19.2 Å². The van der Waals surface area contributed by atoms with E-state index in [2.05, 4.69) is 31.6 Å². The smallest absolute Gasteiger partial charge is 0.313 e. The van der Waals surface area contributed by atoms with Gasteiger partial charge in [-0.2, -0.15) is 0 Å². The third kappa shape index (κ3) is 6.24. The number of ether oxygens (including phenoxy) is 2. The predicted octanol–water partition coefficient (Wildman–Crippen LogP) is 3.00. The number of aliphatic hydroxyl groups excluding tert-OH is 1. The van der Waals surface area contributed by atoms with Crippen molar-refractivity contribution in [1.29, 1.82) is 0 Å². The SMILES string of the molecule is O=C1CC/C=C\CN(Cn2nnc3ccccc32)C(=O)[C@@H]2N(CCCCCO)C(=O)[C@H]3[C@H](C(=O)O[C@H](c4ccccc4)CN1)[C@H]1O[C@@]23C=C1Br. The number of likely N-dealkylation sites (tertiary alicyclic amines) is 1. The summed E-state index contributed by atoms with van der Waals surface area (Å²) in [6, 6.07) is 15.5. The average molecular weight is 748 g/mol. The van der Waals surface area contributed by atoms with Crippen molar-refractivity contribution < 1.29 is 33.8 Å². The van der Waals surface area contributed by atoms with Gasteiger partial charge in [0, 0.05) is 30.6 Å². The zero-order valence-electron chi connectivity index (χ0n) is 27.4. The Hall–Kier alpha value is -4.40. The number of unbranched alkanes of at least 4 members (excludes halogenated alkanes) is 2. The molecule has 0 radical (unpaired) electrons. The molecule has 2 saturated heterocycles. The van der Waals surface area contributed by atoms with Crippen molar-refractivity contribution in [2.45, 2.75) is 62.6 Å². The molecule has 4 aliphatic heterocycles. The van der Waals surface area contributed by atoms with Crippen LogP contribution in [0.1, 0.15) is 43.8 Å². The van der Waals surface area contributed by atoms with Crippen LogP contribution in [0.2, 0.25) is 0 Å². The highest BCUT2D eigenvalue weighted by molar-refractivity contribution is 9.11. The Balaban J connectivity index is 1.29. The van der Waals surface area contributed by atoms with Crippen LogP contribution >= 0.6 is 15.9 Å². The van der Waals surface area contributed by atoms with Gasteiger partial charge < -0.3 is 29.7 Å². The van der Waals surface area contributed by atoms with E-state index in [1.54, 1.807) is 20.6 Å². The van der Waals surface area contributed by atoms with Gasteiger partial charge in [-0.25, -0.2) is 4.68 Å². The molecule has 1 aromatic heterocycles. The zero-order valence-corrected chi connectivity index (χ0v) is 29.0. The predicted molar refractivity (Wildman–Crippen MR) is 184 cm³/mol. The Morgan fingerprint density at radius 3 is 2.60 bits per heavy atom. The first-order chi connectivity index (χ1) is 24.3. The fourth-order valence-electron chi connectivity index (χ4n) is 7.59. The van der Waals surface area contributed by atoms with Gasteiger partial charge in [-0.1, -0.05) is 75.8 Å². The number of halogens is 1. The number of nitrogens with one attached hydrogen (secondary N) is 1. The summed E-state index contributed by atoms with van der Waals surface area (Å²) in [6.07, 6.45) is 6.19. The molecular weight excluding hydrogens is 708 g/mol. The fraction of sp³-hybridized carbons (Fsp3) is 0.444. The number of rotatable bonds is 8. The van der Waals surface area contributed by atoms with Crippen molar-refractivity contribution >= 4 is 50.7 Å². The Bertz CT molecular complexity index is 1830. The number of esters is 1. The van der Waals surface area contributed by atoms with Gasteiger partial charge in [0.15, 0.2) is 0 Å². The topological polar surface area (TPSA) is 156 Å². The largest absolute Gasteiger partial charge is 0.455 e. The second-order valence-electron chi connectivity index (χ2n) is 13.1. The lowest BCUT2D eigenvalue weighted by molar-refractivity contribution is -0.160. The molecule has 0 unspecified atom stereocenters. The van der Waals surface area contributed by atoms with Crippen LogP contribution in [0.25, 0.3) is 11.0 Å². The minimum absolute atomic E-state index is 0.0201. The molecular formula is C36H39BrN6O7. The Labute approximate surface area is 297 Å². The summed E-state index contributed by atoms with van der Waals surface area (Å²) in [4.78, 5) is 59.8. The number of cyclic esters (lactones) is 1. The third-order valence-electron chi connectivity index (χ3n) is 9.97. The number of allylic oxidation sites excluding steroid dienone is 1. The number of aromatic nitrogens is 3. The number of carbonyl (C=O) groups is 4. The molecule has 3 aromatic rings. The van der Waals surface area contributed by atoms with Gasteiger partial charge in [-0.15, -0.1) is 5.10 Å². The van der Waals surface area contributed by atoms with E-state index in [4.69, 9.17) is 9.47 Å². The number of fused-ring (bicyclic) bond motifs is 3. The summed E-state index contributed by atoms with van der Waals surface area (Å²) in [5.41, 5.74) is 0.668. The molecule has 1 spiro atoms. The van der Waals surface area contributed by atoms with Crippen molar-refractivity contribution in [2.75, 3.05) is 26.2 Å². The van der Waals surface area contributed by atoms with E-state index >= 15 is 0 Å². The van der Waals surface area contributed by atoms with Crippen LogP contribution in [0.5, 0.6) is 0 Å². The average Bonchev–Trinajstić information content (AvgIpc) is 3.84. The number of para-hydroxylation sites is 1. The second-order valence-corrected chi connectivity index (χ2v) is 14.0. The number of nitrogens with zero attached hydrogens (tertiary/aromatic N) is 5. The highest BCUT2D eigenvalue weighted by atomic mass is 79.9. The first-order valence-corrected chi connectivity index (χ1v) is 17.8. The number of aliphatic hydroxyl groups is 1. The van der Waals surface area contributed by atoms with Crippen LogP contribution in [-0.2, 0) is 35.3 Å². The van der Waals surface area contributed by atoms with Gasteiger partial charge in [-0.05, 0) is 49.5 Å². The van der Waals surface area contributed by atoms with E-state index < -0.39 is 41.7 Å². The molecule has 7 rings (SSSR count). The summed E-state index contributed by atoms with van der Waals surface area (Å²) < 4.78 is 15.0. The summed E-state index contributed by atoms with van der Waals surface area (Å²) >= 11 is 3.60. The molecule has 6 atom stereocenters. The molecule has 2 aromatic carbocycles. The summed E-state index contributed by atoms with van der Waals surface area (Å²) in [5, 5.41) is 20.9. The summed E-state index contributed by atoms with van der Waals surface area (Å²) in [5.74, 6) is -3.64. The van der Waals surface area contributed by atoms with Crippen molar-refractivity contribution in [2.24, 2.45) is 11.8 Å². The van der Waals surface area contributed by atoms with E-state index in [9.17, 15) is 24.3 Å². The van der Waals surface area contributed by atoms with Crippen molar-refractivity contribution in [3.8, 4) is 0 Å². The first kappa shape index (κ1) is 34.1. The molecule has 2 fully saturated rings. The minimum Gasteiger partial charge on any atom is -0.455 e. The van der Waals surface area contributed by atoms with E-state index in [1.165, 1.54) is 0 Å². The van der Waals surface area contributed by atoms with E-state index in [1.807, 2.05) is 66.7 Å². The lowest BCUT2D eigenvalue weighted by atomic mass is 9.74. The Kier molecular flexibility index (Phi) is 9.84. The van der Waals surface area contributed by atoms with E-state index in [0.29, 0.717) is 41.2 Å². The molecule has 4 aliphatic rings. The Morgan fingerprint density at radius 1 is 0.980 bits per heavy atom. The zero-order chi connectivity index (χ0) is 34.8. The van der Waals surface area contributed by atoms with Crippen molar-refractivity contribution in [1.82, 2.24) is 30.1 Å². The fourth-order valence-corrected chi connectivity index (χ4v) is 8.33. The molecule has 13 nitrogen and oxygen atoms in total. The van der Waals surface area contributed by atoms with Crippen LogP contribution in [0, 0.1) is 11.8 Å². The molecule has 14 heteroatoms. The van der Waals surface area contributed by atoms with Crippen LogP contribution in [-0.4, -0.2) is 97.6 Å². The molecule has 5 heterocycles. The molecule has 2 N–H and O–H groups in total. The monoisotopic (exact) mass is 746 g/mol. The first-order valence-electron chi connectivity index (χ1n) is 17.0.